The quantitative estimate of drug-likeness (QED) is 0.798. The molecule has 1 aromatic rings. The fourth-order valence-corrected chi connectivity index (χ4v) is 4.93. The Morgan fingerprint density at radius 1 is 1.32 bits per heavy atom. The molecule has 2 atom stereocenters. The molecule has 0 aliphatic heterocycles. The molecule has 0 aromatic heterocycles. The van der Waals surface area contributed by atoms with Crippen molar-refractivity contribution < 1.29 is 8.42 Å². The van der Waals surface area contributed by atoms with E-state index in [2.05, 4.69) is 11.2 Å². The van der Waals surface area contributed by atoms with Gasteiger partial charge in [-0.15, -0.1) is 0 Å². The lowest BCUT2D eigenvalue weighted by atomic mass is 10.2. The van der Waals surface area contributed by atoms with Crippen molar-refractivity contribution in [3.05, 3.63) is 29.8 Å². The Morgan fingerprint density at radius 3 is 2.55 bits per heavy atom. The molecule has 2 rings (SSSR count). The first kappa shape index (κ1) is 17.3. The predicted molar refractivity (Wildman–Crippen MR) is 90.8 cm³/mol. The summed E-state index contributed by atoms with van der Waals surface area (Å²) >= 11 is 1.91. The molecule has 1 aliphatic carbocycles. The average molecular weight is 338 g/mol. The Balaban J connectivity index is 1.93. The van der Waals surface area contributed by atoms with E-state index < -0.39 is 9.84 Å². The molecule has 120 valence electrons. The maximum Gasteiger partial charge on any atom is 0.179 e. The van der Waals surface area contributed by atoms with Crippen LogP contribution < -0.4 is 0 Å². The molecule has 1 saturated carbocycles. The van der Waals surface area contributed by atoms with Crippen molar-refractivity contribution in [2.24, 2.45) is 0 Å². The summed E-state index contributed by atoms with van der Waals surface area (Å²) in [6.07, 6.45) is 5.66. The Hall–Kier alpha value is -1.03. The zero-order chi connectivity index (χ0) is 16.2. The van der Waals surface area contributed by atoms with Crippen LogP contribution in [-0.2, 0) is 9.84 Å². The predicted octanol–water partition coefficient (Wildman–Crippen LogP) is 2.55. The average Bonchev–Trinajstić information content (AvgIpc) is 3.02. The number of thioether (sulfide) groups is 1. The third kappa shape index (κ3) is 4.25. The minimum Gasteiger partial charge on any atom is -0.302 e. The highest BCUT2D eigenvalue weighted by Gasteiger charge is 2.27. The number of rotatable bonds is 6. The van der Waals surface area contributed by atoms with E-state index >= 15 is 0 Å². The minimum absolute atomic E-state index is 0.121. The summed E-state index contributed by atoms with van der Waals surface area (Å²) < 4.78 is 24.7. The number of nitriles is 1. The van der Waals surface area contributed by atoms with Crippen LogP contribution in [-0.4, -0.2) is 50.2 Å². The van der Waals surface area contributed by atoms with Gasteiger partial charge in [0.05, 0.1) is 22.3 Å². The van der Waals surface area contributed by atoms with Crippen molar-refractivity contribution in [1.82, 2.24) is 4.90 Å². The molecule has 1 fully saturated rings. The van der Waals surface area contributed by atoms with Crippen LogP contribution in [0.2, 0.25) is 0 Å². The maximum atomic E-state index is 12.4. The van der Waals surface area contributed by atoms with Gasteiger partial charge in [-0.05, 0) is 56.8 Å². The van der Waals surface area contributed by atoms with Crippen molar-refractivity contribution in [2.75, 3.05) is 25.6 Å². The van der Waals surface area contributed by atoms with Gasteiger partial charge in [0.25, 0.3) is 0 Å². The van der Waals surface area contributed by atoms with E-state index in [1.807, 2.05) is 24.9 Å². The second-order valence-electron chi connectivity index (χ2n) is 5.76. The third-order valence-electron chi connectivity index (χ3n) is 4.37. The van der Waals surface area contributed by atoms with Gasteiger partial charge in [0.15, 0.2) is 9.84 Å². The Bertz CT molecular complexity index is 635. The number of hydrogen-bond donors (Lipinski definition) is 0. The van der Waals surface area contributed by atoms with Gasteiger partial charge in [-0.1, -0.05) is 0 Å². The van der Waals surface area contributed by atoms with E-state index in [1.165, 1.54) is 18.6 Å². The zero-order valence-corrected chi connectivity index (χ0v) is 14.7. The van der Waals surface area contributed by atoms with Gasteiger partial charge < -0.3 is 4.90 Å². The van der Waals surface area contributed by atoms with E-state index in [0.717, 1.165) is 12.8 Å². The van der Waals surface area contributed by atoms with Crippen molar-refractivity contribution >= 4 is 21.6 Å². The summed E-state index contributed by atoms with van der Waals surface area (Å²) in [7, 11) is -1.27. The second-order valence-corrected chi connectivity index (χ2v) is 9.01. The fourth-order valence-electron chi connectivity index (χ4n) is 2.83. The molecule has 0 amide bonds. The lowest BCUT2D eigenvalue weighted by Crippen LogP contribution is -2.34. The lowest BCUT2D eigenvalue weighted by Gasteiger charge is -2.24. The van der Waals surface area contributed by atoms with E-state index in [9.17, 15) is 8.42 Å². The highest BCUT2D eigenvalue weighted by atomic mass is 32.2. The Kier molecular flexibility index (Phi) is 5.90. The molecule has 0 radical (unpaired) electrons. The molecule has 0 N–H and O–H groups in total. The van der Waals surface area contributed by atoms with E-state index in [-0.39, 0.29) is 5.75 Å². The SMILES string of the molecule is CSC1CCC(N(C)CCS(=O)(=O)c2ccc(C#N)cc2)C1. The number of nitrogens with zero attached hydrogens (tertiary/aromatic N) is 2. The van der Waals surface area contributed by atoms with Crippen LogP contribution >= 0.6 is 11.8 Å². The molecule has 0 spiro atoms. The van der Waals surface area contributed by atoms with Crippen LogP contribution in [0.4, 0.5) is 0 Å². The lowest BCUT2D eigenvalue weighted by molar-refractivity contribution is 0.259. The first-order chi connectivity index (χ1) is 10.5. The summed E-state index contributed by atoms with van der Waals surface area (Å²) in [5.74, 6) is 0.121. The first-order valence-corrected chi connectivity index (χ1v) is 10.4. The van der Waals surface area contributed by atoms with Gasteiger partial charge in [-0.25, -0.2) is 8.42 Å². The van der Waals surface area contributed by atoms with Gasteiger partial charge in [-0.2, -0.15) is 17.0 Å². The molecular formula is C16H22N2O2S2. The molecule has 1 aliphatic rings. The van der Waals surface area contributed by atoms with Crippen LogP contribution in [0.1, 0.15) is 24.8 Å². The third-order valence-corrected chi connectivity index (χ3v) is 7.17. The Morgan fingerprint density at radius 2 is 2.00 bits per heavy atom. The van der Waals surface area contributed by atoms with Crippen LogP contribution in [0, 0.1) is 11.3 Å². The molecule has 0 bridgehead atoms. The topological polar surface area (TPSA) is 61.2 Å². The highest BCUT2D eigenvalue weighted by molar-refractivity contribution is 7.99. The molecule has 2 unspecified atom stereocenters. The number of sulfone groups is 1. The molecule has 4 nitrogen and oxygen atoms in total. The summed E-state index contributed by atoms with van der Waals surface area (Å²) in [4.78, 5) is 2.48. The maximum absolute atomic E-state index is 12.4. The smallest absolute Gasteiger partial charge is 0.179 e. The molecular weight excluding hydrogens is 316 g/mol. The summed E-state index contributed by atoms with van der Waals surface area (Å²) in [5.41, 5.74) is 0.477. The standard InChI is InChI=1S/C16H22N2O2S2/c1-18(14-5-6-15(11-14)21-2)9-10-22(19,20)16-7-3-13(12-17)4-8-16/h3-4,7-8,14-15H,5-6,9-11H2,1-2H3. The minimum atomic E-state index is -3.29. The number of hydrogen-bond acceptors (Lipinski definition) is 5. The van der Waals surface area contributed by atoms with E-state index in [4.69, 9.17) is 5.26 Å². The van der Waals surface area contributed by atoms with Gasteiger partial charge >= 0.3 is 0 Å². The van der Waals surface area contributed by atoms with Crippen LogP contribution in [0.3, 0.4) is 0 Å². The molecule has 0 heterocycles. The van der Waals surface area contributed by atoms with Crippen molar-refractivity contribution in [3.63, 3.8) is 0 Å². The van der Waals surface area contributed by atoms with E-state index in [0.29, 0.717) is 28.3 Å². The van der Waals surface area contributed by atoms with E-state index in [1.54, 1.807) is 12.1 Å². The molecule has 0 saturated heterocycles. The fraction of sp³-hybridized carbons (Fsp3) is 0.562. The summed E-state index contributed by atoms with van der Waals surface area (Å²) in [5, 5.41) is 9.47. The molecule has 22 heavy (non-hydrogen) atoms. The summed E-state index contributed by atoms with van der Waals surface area (Å²) in [6, 6.07) is 8.64. The first-order valence-electron chi connectivity index (χ1n) is 7.42. The van der Waals surface area contributed by atoms with Gasteiger partial charge in [-0.3, -0.25) is 0 Å². The second kappa shape index (κ2) is 7.49. The zero-order valence-electron chi connectivity index (χ0n) is 13.0. The van der Waals surface area contributed by atoms with Gasteiger partial charge in [0.2, 0.25) is 0 Å². The van der Waals surface area contributed by atoms with Crippen molar-refractivity contribution in [2.45, 2.75) is 35.4 Å². The highest BCUT2D eigenvalue weighted by Crippen LogP contribution is 2.30. The van der Waals surface area contributed by atoms with Crippen molar-refractivity contribution in [1.29, 1.82) is 5.26 Å². The molecule has 1 aromatic carbocycles. The van der Waals surface area contributed by atoms with Gasteiger partial charge in [0.1, 0.15) is 0 Å². The van der Waals surface area contributed by atoms with Crippen molar-refractivity contribution in [3.8, 4) is 6.07 Å². The normalized spacial score (nSPS) is 21.9. The largest absolute Gasteiger partial charge is 0.302 e. The monoisotopic (exact) mass is 338 g/mol. The Labute approximate surface area is 137 Å². The van der Waals surface area contributed by atoms with Crippen LogP contribution in [0.15, 0.2) is 29.2 Å². The number of benzene rings is 1. The molecule has 6 heteroatoms. The van der Waals surface area contributed by atoms with Gasteiger partial charge in [0, 0.05) is 17.8 Å². The summed E-state index contributed by atoms with van der Waals surface area (Å²) in [6.45, 7) is 0.550. The van der Waals surface area contributed by atoms with Crippen LogP contribution in [0.25, 0.3) is 0 Å². The van der Waals surface area contributed by atoms with Crippen LogP contribution in [0.5, 0.6) is 0 Å².